The van der Waals surface area contributed by atoms with E-state index in [9.17, 15) is 13.2 Å². The fraction of sp³-hybridized carbons (Fsp3) is 0.280. The van der Waals surface area contributed by atoms with Crippen molar-refractivity contribution in [3.63, 3.8) is 0 Å². The molecule has 35 heavy (non-hydrogen) atoms. The molecule has 2 aromatic carbocycles. The van der Waals surface area contributed by atoms with Gasteiger partial charge in [0.25, 0.3) is 0 Å². The van der Waals surface area contributed by atoms with Crippen molar-refractivity contribution in [1.82, 2.24) is 13.9 Å². The number of sulfonamides is 1. The van der Waals surface area contributed by atoms with Crippen LogP contribution in [0, 0.1) is 0 Å². The first-order chi connectivity index (χ1) is 16.8. The monoisotopic (exact) mass is 496 g/mol. The van der Waals surface area contributed by atoms with Crippen molar-refractivity contribution in [3.05, 3.63) is 78.0 Å². The molecular weight excluding hydrogens is 468 g/mol. The molecule has 2 aromatic heterocycles. The van der Waals surface area contributed by atoms with Crippen LogP contribution >= 0.6 is 0 Å². The third-order valence-electron chi connectivity index (χ3n) is 5.54. The van der Waals surface area contributed by atoms with Gasteiger partial charge in [0.1, 0.15) is 18.2 Å². The number of benzene rings is 2. The highest BCUT2D eigenvalue weighted by Gasteiger charge is 2.21. The number of hydrogen-bond donors (Lipinski definition) is 1. The van der Waals surface area contributed by atoms with E-state index in [1.165, 1.54) is 14.1 Å². The lowest BCUT2D eigenvalue weighted by Crippen LogP contribution is -2.22. The molecule has 4 aromatic rings. The highest BCUT2D eigenvalue weighted by molar-refractivity contribution is 7.89. The number of nitrogens with zero attached hydrogens (tertiary/aromatic N) is 3. The zero-order valence-corrected chi connectivity index (χ0v) is 20.7. The summed E-state index contributed by atoms with van der Waals surface area (Å²) in [5.74, 6) is 0.811. The number of esters is 1. The first-order valence-electron chi connectivity index (χ1n) is 11.3. The summed E-state index contributed by atoms with van der Waals surface area (Å²) < 4.78 is 39.2. The van der Waals surface area contributed by atoms with Crippen LogP contribution in [0.5, 0.6) is 0 Å². The summed E-state index contributed by atoms with van der Waals surface area (Å²) in [7, 11) is -0.613. The Kier molecular flexibility index (Phi) is 7.23. The molecule has 4 rings (SSSR count). The molecule has 0 atom stereocenters. The number of carbonyl (C=O) groups excluding carboxylic acids is 1. The Hall–Kier alpha value is -3.63. The van der Waals surface area contributed by atoms with Gasteiger partial charge in [-0.15, -0.1) is 0 Å². The largest absolute Gasteiger partial charge is 0.467 e. The van der Waals surface area contributed by atoms with E-state index in [-0.39, 0.29) is 11.5 Å². The SMILES string of the molecule is CCCn1c(COC(=O)c2ccccc2NCc2ccco2)nc2cc(S(=O)(=O)N(C)C)ccc21. The fourth-order valence-electron chi connectivity index (χ4n) is 3.73. The quantitative estimate of drug-likeness (QED) is 0.327. The summed E-state index contributed by atoms with van der Waals surface area (Å²) >= 11 is 0. The van der Waals surface area contributed by atoms with E-state index in [4.69, 9.17) is 9.15 Å². The number of hydrogen-bond acceptors (Lipinski definition) is 7. The smallest absolute Gasteiger partial charge is 0.340 e. The van der Waals surface area contributed by atoms with Crippen molar-refractivity contribution < 1.29 is 22.4 Å². The summed E-state index contributed by atoms with van der Waals surface area (Å²) in [6, 6.07) is 15.6. The van der Waals surface area contributed by atoms with E-state index < -0.39 is 16.0 Å². The molecule has 2 heterocycles. The van der Waals surface area contributed by atoms with Crippen LogP contribution < -0.4 is 5.32 Å². The number of imidazole rings is 1. The van der Waals surface area contributed by atoms with Gasteiger partial charge in [0.2, 0.25) is 10.0 Å². The lowest BCUT2D eigenvalue weighted by atomic mass is 10.2. The lowest BCUT2D eigenvalue weighted by Gasteiger charge is -2.12. The fourth-order valence-corrected chi connectivity index (χ4v) is 4.65. The van der Waals surface area contributed by atoms with Crippen molar-refractivity contribution >= 4 is 32.7 Å². The van der Waals surface area contributed by atoms with Gasteiger partial charge in [-0.25, -0.2) is 22.5 Å². The second-order valence-corrected chi connectivity index (χ2v) is 10.3. The Morgan fingerprint density at radius 3 is 2.66 bits per heavy atom. The van der Waals surface area contributed by atoms with Crippen LogP contribution in [-0.2, 0) is 34.5 Å². The number of aromatic nitrogens is 2. The van der Waals surface area contributed by atoms with Gasteiger partial charge >= 0.3 is 5.97 Å². The molecule has 0 bridgehead atoms. The van der Waals surface area contributed by atoms with Crippen molar-refractivity contribution in [2.24, 2.45) is 0 Å². The molecule has 9 nitrogen and oxygen atoms in total. The van der Waals surface area contributed by atoms with Gasteiger partial charge in [-0.3, -0.25) is 0 Å². The predicted octanol–water partition coefficient (Wildman–Crippen LogP) is 4.26. The molecule has 10 heteroatoms. The van der Waals surface area contributed by atoms with Gasteiger partial charge < -0.3 is 19.0 Å². The number of anilines is 1. The van der Waals surface area contributed by atoms with E-state index in [0.29, 0.717) is 35.7 Å². The summed E-state index contributed by atoms with van der Waals surface area (Å²) in [5, 5.41) is 3.20. The van der Waals surface area contributed by atoms with Crippen LogP contribution in [0.1, 0.15) is 35.3 Å². The molecule has 0 spiro atoms. The number of para-hydroxylation sites is 1. The van der Waals surface area contributed by atoms with Crippen molar-refractivity contribution in [1.29, 1.82) is 0 Å². The zero-order valence-electron chi connectivity index (χ0n) is 19.9. The number of carbonyl (C=O) groups is 1. The van der Waals surface area contributed by atoms with Crippen molar-refractivity contribution in [2.75, 3.05) is 19.4 Å². The first kappa shape index (κ1) is 24.5. The molecule has 0 aliphatic carbocycles. The second-order valence-electron chi connectivity index (χ2n) is 8.17. The average Bonchev–Trinajstić information content (AvgIpc) is 3.49. The van der Waals surface area contributed by atoms with Gasteiger partial charge in [0.15, 0.2) is 0 Å². The van der Waals surface area contributed by atoms with Gasteiger partial charge in [0, 0.05) is 26.3 Å². The maximum absolute atomic E-state index is 12.9. The number of fused-ring (bicyclic) bond motifs is 1. The highest BCUT2D eigenvalue weighted by atomic mass is 32.2. The first-order valence-corrected chi connectivity index (χ1v) is 12.7. The van der Waals surface area contributed by atoms with Gasteiger partial charge in [-0.1, -0.05) is 19.1 Å². The Balaban J connectivity index is 1.56. The third-order valence-corrected chi connectivity index (χ3v) is 7.35. The van der Waals surface area contributed by atoms with Crippen molar-refractivity contribution in [3.8, 4) is 0 Å². The van der Waals surface area contributed by atoms with E-state index in [0.717, 1.165) is 22.0 Å². The van der Waals surface area contributed by atoms with Crippen LogP contribution in [0.3, 0.4) is 0 Å². The molecule has 0 saturated heterocycles. The Morgan fingerprint density at radius 1 is 1.14 bits per heavy atom. The average molecular weight is 497 g/mol. The molecule has 0 aliphatic heterocycles. The van der Waals surface area contributed by atoms with Crippen LogP contribution in [-0.4, -0.2) is 42.3 Å². The summed E-state index contributed by atoms with van der Waals surface area (Å²) in [6.07, 6.45) is 2.43. The summed E-state index contributed by atoms with van der Waals surface area (Å²) in [5.41, 5.74) is 2.36. The minimum absolute atomic E-state index is 0.0458. The maximum atomic E-state index is 12.9. The van der Waals surface area contributed by atoms with Gasteiger partial charge in [-0.2, -0.15) is 0 Å². The second kappa shape index (κ2) is 10.3. The molecule has 0 amide bonds. The summed E-state index contributed by atoms with van der Waals surface area (Å²) in [4.78, 5) is 17.7. The van der Waals surface area contributed by atoms with Crippen molar-refractivity contribution in [2.45, 2.75) is 37.9 Å². The normalized spacial score (nSPS) is 11.8. The highest BCUT2D eigenvalue weighted by Crippen LogP contribution is 2.24. The van der Waals surface area contributed by atoms with E-state index >= 15 is 0 Å². The zero-order chi connectivity index (χ0) is 25.0. The van der Waals surface area contributed by atoms with E-state index in [2.05, 4.69) is 10.3 Å². The number of nitrogens with one attached hydrogen (secondary N) is 1. The summed E-state index contributed by atoms with van der Waals surface area (Å²) in [6.45, 7) is 3.08. The molecule has 0 radical (unpaired) electrons. The number of furan rings is 1. The lowest BCUT2D eigenvalue weighted by molar-refractivity contribution is 0.0459. The Bertz CT molecular complexity index is 1430. The maximum Gasteiger partial charge on any atom is 0.340 e. The molecule has 184 valence electrons. The van der Waals surface area contributed by atoms with Gasteiger partial charge in [0.05, 0.1) is 34.3 Å². The topological polar surface area (TPSA) is 107 Å². The number of ether oxygens (including phenoxy) is 1. The number of aryl methyl sites for hydroxylation is 1. The molecule has 1 N–H and O–H groups in total. The van der Waals surface area contributed by atoms with Crippen LogP contribution in [0.2, 0.25) is 0 Å². The molecule has 0 unspecified atom stereocenters. The van der Waals surface area contributed by atoms with Crippen LogP contribution in [0.4, 0.5) is 5.69 Å². The van der Waals surface area contributed by atoms with Gasteiger partial charge in [-0.05, 0) is 48.9 Å². The van der Waals surface area contributed by atoms with Crippen LogP contribution in [0.25, 0.3) is 11.0 Å². The third kappa shape index (κ3) is 5.23. The molecule has 0 saturated carbocycles. The molecule has 0 fully saturated rings. The molecular formula is C25H28N4O5S. The van der Waals surface area contributed by atoms with E-state index in [1.54, 1.807) is 48.7 Å². The predicted molar refractivity (Wildman–Crippen MR) is 132 cm³/mol. The molecule has 0 aliphatic rings. The van der Waals surface area contributed by atoms with Crippen LogP contribution in [0.15, 0.2) is 70.2 Å². The number of rotatable bonds is 10. The minimum Gasteiger partial charge on any atom is -0.467 e. The Morgan fingerprint density at radius 2 is 1.94 bits per heavy atom. The minimum atomic E-state index is -3.59. The standard InChI is InChI=1S/C25H28N4O5S/c1-4-13-29-23-12-11-19(35(31,32)28(2)3)15-22(23)27-24(29)17-34-25(30)20-9-5-6-10-21(20)26-16-18-8-7-14-33-18/h5-12,14-15,26H,4,13,16-17H2,1-3H3. The van der Waals surface area contributed by atoms with E-state index in [1.807, 2.05) is 23.6 Å². The Labute approximate surface area is 204 Å².